The third kappa shape index (κ3) is 5.89. The molecule has 0 radical (unpaired) electrons. The number of anilines is 2. The predicted molar refractivity (Wildman–Crippen MR) is 101 cm³/mol. The molecule has 0 unspecified atom stereocenters. The first-order valence-corrected chi connectivity index (χ1v) is 9.99. The van der Waals surface area contributed by atoms with Gasteiger partial charge in [0.25, 0.3) is 0 Å². The number of carbonyl (C=O) groups excluding carboxylic acids is 1. The van der Waals surface area contributed by atoms with E-state index in [9.17, 15) is 4.79 Å². The topological polar surface area (TPSA) is 66.9 Å². The zero-order valence-corrected chi connectivity index (χ0v) is 15.2. The van der Waals surface area contributed by atoms with Crippen LogP contribution >= 0.6 is 34.9 Å². The summed E-state index contributed by atoms with van der Waals surface area (Å²) in [5, 5.41) is 14.9. The van der Waals surface area contributed by atoms with Crippen LogP contribution in [0.25, 0.3) is 0 Å². The molecular formula is C15H18N4OS3. The lowest BCUT2D eigenvalue weighted by molar-refractivity contribution is -0.115. The fourth-order valence-electron chi connectivity index (χ4n) is 1.69. The number of rotatable bonds is 9. The van der Waals surface area contributed by atoms with Crippen molar-refractivity contribution in [3.8, 4) is 0 Å². The highest BCUT2D eigenvalue weighted by molar-refractivity contribution is 8.01. The molecule has 1 aromatic heterocycles. The molecule has 0 aliphatic carbocycles. The normalized spacial score (nSPS) is 10.3. The molecule has 0 aliphatic heterocycles. The summed E-state index contributed by atoms with van der Waals surface area (Å²) >= 11 is 4.63. The second-order valence-corrected chi connectivity index (χ2v) is 7.56. The van der Waals surface area contributed by atoms with Crippen LogP contribution in [0.2, 0.25) is 0 Å². The Labute approximate surface area is 148 Å². The van der Waals surface area contributed by atoms with Gasteiger partial charge in [0, 0.05) is 23.6 Å². The van der Waals surface area contributed by atoms with Crippen molar-refractivity contribution in [2.75, 3.05) is 29.2 Å². The summed E-state index contributed by atoms with van der Waals surface area (Å²) in [6, 6.07) is 7.79. The number of para-hydroxylation sites is 1. The minimum Gasteiger partial charge on any atom is -0.357 e. The number of nitrogens with zero attached hydrogens (tertiary/aromatic N) is 2. The van der Waals surface area contributed by atoms with E-state index in [1.165, 1.54) is 23.1 Å². The van der Waals surface area contributed by atoms with Crippen LogP contribution in [0.5, 0.6) is 0 Å². The number of amides is 1. The Bertz CT molecular complexity index is 660. The highest BCUT2D eigenvalue weighted by atomic mass is 32.2. The molecule has 1 aromatic carbocycles. The molecule has 0 aliphatic rings. The molecule has 0 saturated carbocycles. The van der Waals surface area contributed by atoms with Gasteiger partial charge in [0.2, 0.25) is 11.0 Å². The van der Waals surface area contributed by atoms with Crippen molar-refractivity contribution in [1.82, 2.24) is 10.2 Å². The number of nitrogens with one attached hydrogen (secondary N) is 2. The van der Waals surface area contributed by atoms with E-state index in [4.69, 9.17) is 0 Å². The summed E-state index contributed by atoms with van der Waals surface area (Å²) in [6.07, 6.45) is 4.20. The van der Waals surface area contributed by atoms with E-state index >= 15 is 0 Å². The SMILES string of the molecule is C=CCNc1nnc(SCCC(=O)Nc2ccccc2SC)s1. The smallest absolute Gasteiger partial charge is 0.225 e. The molecule has 5 nitrogen and oxygen atoms in total. The average molecular weight is 367 g/mol. The average Bonchev–Trinajstić information content (AvgIpc) is 3.01. The molecular weight excluding hydrogens is 348 g/mol. The van der Waals surface area contributed by atoms with Crippen molar-refractivity contribution in [1.29, 1.82) is 0 Å². The van der Waals surface area contributed by atoms with Gasteiger partial charge in [-0.1, -0.05) is 41.3 Å². The number of hydrogen-bond donors (Lipinski definition) is 2. The van der Waals surface area contributed by atoms with E-state index in [-0.39, 0.29) is 5.91 Å². The molecule has 0 fully saturated rings. The summed E-state index contributed by atoms with van der Waals surface area (Å²) in [6.45, 7) is 4.30. The van der Waals surface area contributed by atoms with Crippen LogP contribution in [-0.2, 0) is 4.79 Å². The zero-order chi connectivity index (χ0) is 16.5. The highest BCUT2D eigenvalue weighted by Gasteiger charge is 2.08. The first-order valence-electron chi connectivity index (χ1n) is 6.97. The van der Waals surface area contributed by atoms with Gasteiger partial charge >= 0.3 is 0 Å². The van der Waals surface area contributed by atoms with Gasteiger partial charge in [0.15, 0.2) is 4.34 Å². The Kier molecular flexibility index (Phi) is 7.44. The molecule has 1 amide bonds. The number of carbonyl (C=O) groups is 1. The zero-order valence-electron chi connectivity index (χ0n) is 12.7. The Hall–Kier alpha value is -1.51. The second-order valence-electron chi connectivity index (χ2n) is 4.39. The highest BCUT2D eigenvalue weighted by Crippen LogP contribution is 2.27. The maximum atomic E-state index is 12.0. The summed E-state index contributed by atoms with van der Waals surface area (Å²) in [7, 11) is 0. The minimum absolute atomic E-state index is 0.00789. The lowest BCUT2D eigenvalue weighted by atomic mass is 10.3. The molecule has 23 heavy (non-hydrogen) atoms. The Morgan fingerprint density at radius 3 is 3.00 bits per heavy atom. The standard InChI is InChI=1S/C15H18N4OS3/c1-3-9-16-14-18-19-15(23-14)22-10-8-13(20)17-11-6-4-5-7-12(11)21-2/h3-7H,1,8-10H2,2H3,(H,16,18)(H,17,20). The molecule has 1 heterocycles. The second kappa shape index (κ2) is 9.59. The fraction of sp³-hybridized carbons (Fsp3) is 0.267. The van der Waals surface area contributed by atoms with Gasteiger partial charge in [0.1, 0.15) is 0 Å². The number of benzene rings is 1. The van der Waals surface area contributed by atoms with Crippen molar-refractivity contribution in [3.63, 3.8) is 0 Å². The molecule has 2 rings (SSSR count). The van der Waals surface area contributed by atoms with E-state index in [2.05, 4.69) is 27.4 Å². The maximum Gasteiger partial charge on any atom is 0.225 e. The molecule has 0 atom stereocenters. The summed E-state index contributed by atoms with van der Waals surface area (Å²) in [4.78, 5) is 13.1. The maximum absolute atomic E-state index is 12.0. The van der Waals surface area contributed by atoms with Crippen molar-refractivity contribution in [2.45, 2.75) is 15.7 Å². The predicted octanol–water partition coefficient (Wildman–Crippen LogP) is 3.98. The van der Waals surface area contributed by atoms with Gasteiger partial charge in [-0.15, -0.1) is 28.5 Å². The van der Waals surface area contributed by atoms with Crippen molar-refractivity contribution >= 4 is 51.6 Å². The lowest BCUT2D eigenvalue weighted by Crippen LogP contribution is -2.12. The van der Waals surface area contributed by atoms with Gasteiger partial charge in [-0.3, -0.25) is 4.79 Å². The number of aromatic nitrogens is 2. The third-order valence-electron chi connectivity index (χ3n) is 2.74. The van der Waals surface area contributed by atoms with Crippen LogP contribution in [0, 0.1) is 0 Å². The van der Waals surface area contributed by atoms with Gasteiger partial charge in [0.05, 0.1) is 5.69 Å². The van der Waals surface area contributed by atoms with Crippen molar-refractivity contribution in [2.24, 2.45) is 0 Å². The third-order valence-corrected chi connectivity index (χ3v) is 5.55. The monoisotopic (exact) mass is 366 g/mol. The van der Waals surface area contributed by atoms with Crippen LogP contribution in [0.15, 0.2) is 46.2 Å². The van der Waals surface area contributed by atoms with E-state index in [1.807, 2.05) is 30.5 Å². The first kappa shape index (κ1) is 17.8. The van der Waals surface area contributed by atoms with Crippen molar-refractivity contribution in [3.05, 3.63) is 36.9 Å². The van der Waals surface area contributed by atoms with E-state index < -0.39 is 0 Å². The van der Waals surface area contributed by atoms with Crippen LogP contribution in [0.1, 0.15) is 6.42 Å². The Morgan fingerprint density at radius 2 is 2.22 bits per heavy atom. The minimum atomic E-state index is 0.00789. The van der Waals surface area contributed by atoms with Gasteiger partial charge in [-0.25, -0.2) is 0 Å². The lowest BCUT2D eigenvalue weighted by Gasteiger charge is -2.08. The summed E-state index contributed by atoms with van der Waals surface area (Å²) in [5.41, 5.74) is 0.863. The van der Waals surface area contributed by atoms with Crippen molar-refractivity contribution < 1.29 is 4.79 Å². The largest absolute Gasteiger partial charge is 0.357 e. The number of thioether (sulfide) groups is 2. The molecule has 2 aromatic rings. The molecule has 0 spiro atoms. The van der Waals surface area contributed by atoms with E-state index in [0.29, 0.717) is 18.7 Å². The van der Waals surface area contributed by atoms with Gasteiger partial charge in [-0.2, -0.15) is 0 Å². The Balaban J connectivity index is 1.76. The summed E-state index contributed by atoms with van der Waals surface area (Å²) in [5.74, 6) is 0.678. The molecule has 2 N–H and O–H groups in total. The van der Waals surface area contributed by atoms with Crippen LogP contribution in [0.3, 0.4) is 0 Å². The van der Waals surface area contributed by atoms with Gasteiger partial charge < -0.3 is 10.6 Å². The molecule has 8 heteroatoms. The molecule has 0 saturated heterocycles. The van der Waals surface area contributed by atoms with E-state index in [0.717, 1.165) is 20.1 Å². The van der Waals surface area contributed by atoms with E-state index in [1.54, 1.807) is 17.8 Å². The fourth-order valence-corrected chi connectivity index (χ4v) is 4.01. The number of hydrogen-bond acceptors (Lipinski definition) is 7. The van der Waals surface area contributed by atoms with Crippen LogP contribution < -0.4 is 10.6 Å². The molecule has 122 valence electrons. The molecule has 0 bridgehead atoms. The van der Waals surface area contributed by atoms with Crippen LogP contribution in [-0.4, -0.2) is 34.7 Å². The summed E-state index contributed by atoms with van der Waals surface area (Å²) < 4.78 is 0.855. The van der Waals surface area contributed by atoms with Gasteiger partial charge in [-0.05, 0) is 18.4 Å². The quantitative estimate of drug-likeness (QED) is 0.517. The Morgan fingerprint density at radius 1 is 1.39 bits per heavy atom. The van der Waals surface area contributed by atoms with Crippen LogP contribution in [0.4, 0.5) is 10.8 Å². The first-order chi connectivity index (χ1) is 11.2.